The minimum atomic E-state index is 0.0832. The van der Waals surface area contributed by atoms with Crippen molar-refractivity contribution in [1.82, 2.24) is 0 Å². The van der Waals surface area contributed by atoms with E-state index in [0.29, 0.717) is 42.8 Å². The third kappa shape index (κ3) is 2.10. The van der Waals surface area contributed by atoms with Crippen LogP contribution in [0.5, 0.6) is 17.2 Å². The zero-order valence-corrected chi connectivity index (χ0v) is 9.48. The van der Waals surface area contributed by atoms with Crippen LogP contribution in [-0.4, -0.2) is 32.5 Å². The van der Waals surface area contributed by atoms with Crippen LogP contribution in [0.1, 0.15) is 6.42 Å². The third-order valence-corrected chi connectivity index (χ3v) is 2.86. The molecule has 1 unspecified atom stereocenters. The number of benzene rings is 1. The van der Waals surface area contributed by atoms with Gasteiger partial charge in [0, 0.05) is 18.6 Å². The molecule has 2 aliphatic rings. The molecule has 1 aromatic carbocycles. The Morgan fingerprint density at radius 1 is 1.12 bits per heavy atom. The maximum Gasteiger partial charge on any atom is 0.165 e. The Morgan fingerprint density at radius 3 is 2.59 bits per heavy atom. The highest BCUT2D eigenvalue weighted by Crippen LogP contribution is 2.38. The number of fused-ring (bicyclic) bond motifs is 1. The predicted octanol–water partition coefficient (Wildman–Crippen LogP) is 1.21. The number of hydrogen-bond acceptors (Lipinski definition) is 5. The van der Waals surface area contributed by atoms with Crippen molar-refractivity contribution in [1.29, 1.82) is 0 Å². The summed E-state index contributed by atoms with van der Waals surface area (Å²) in [6, 6.07) is 3.54. The van der Waals surface area contributed by atoms with Gasteiger partial charge in [-0.15, -0.1) is 0 Å². The maximum atomic E-state index is 5.92. The lowest BCUT2D eigenvalue weighted by Gasteiger charge is -2.21. The fourth-order valence-corrected chi connectivity index (χ4v) is 1.97. The van der Waals surface area contributed by atoms with Gasteiger partial charge in [0.1, 0.15) is 25.1 Å². The van der Waals surface area contributed by atoms with Gasteiger partial charge >= 0.3 is 0 Å². The first-order valence-corrected chi connectivity index (χ1v) is 5.76. The standard InChI is InChI=1S/C12H15NO4/c13-9-5-11-12(16-4-3-15-11)6-10(9)17-8-1-2-14-7-8/h5-6,8H,1-4,7,13H2. The monoisotopic (exact) mass is 237 g/mol. The number of ether oxygens (including phenoxy) is 4. The molecule has 1 saturated heterocycles. The van der Waals surface area contributed by atoms with E-state index >= 15 is 0 Å². The molecule has 1 fully saturated rings. The summed E-state index contributed by atoms with van der Waals surface area (Å²) in [5, 5.41) is 0. The lowest BCUT2D eigenvalue weighted by Crippen LogP contribution is -2.18. The van der Waals surface area contributed by atoms with Gasteiger partial charge in [0.15, 0.2) is 11.5 Å². The molecule has 5 nitrogen and oxygen atoms in total. The van der Waals surface area contributed by atoms with E-state index in [1.165, 1.54) is 0 Å². The van der Waals surface area contributed by atoms with Gasteiger partial charge in [-0.25, -0.2) is 0 Å². The zero-order chi connectivity index (χ0) is 11.7. The Kier molecular flexibility index (Phi) is 2.68. The molecule has 0 amide bonds. The van der Waals surface area contributed by atoms with Crippen LogP contribution in [0.3, 0.4) is 0 Å². The zero-order valence-electron chi connectivity index (χ0n) is 9.48. The summed E-state index contributed by atoms with van der Waals surface area (Å²) in [4.78, 5) is 0. The van der Waals surface area contributed by atoms with Gasteiger partial charge in [-0.1, -0.05) is 0 Å². The first-order valence-electron chi connectivity index (χ1n) is 5.76. The van der Waals surface area contributed by atoms with Crippen LogP contribution in [0.25, 0.3) is 0 Å². The second-order valence-electron chi connectivity index (χ2n) is 4.14. The van der Waals surface area contributed by atoms with Crippen molar-refractivity contribution in [2.24, 2.45) is 0 Å². The van der Waals surface area contributed by atoms with Crippen LogP contribution in [0.4, 0.5) is 5.69 Å². The molecule has 0 aliphatic carbocycles. The lowest BCUT2D eigenvalue weighted by molar-refractivity contribution is 0.140. The number of hydrogen-bond donors (Lipinski definition) is 1. The second-order valence-corrected chi connectivity index (χ2v) is 4.14. The molecule has 92 valence electrons. The maximum absolute atomic E-state index is 5.92. The minimum absolute atomic E-state index is 0.0832. The van der Waals surface area contributed by atoms with Gasteiger partial charge < -0.3 is 24.7 Å². The van der Waals surface area contributed by atoms with E-state index < -0.39 is 0 Å². The molecule has 2 heterocycles. The average Bonchev–Trinajstić information content (AvgIpc) is 2.83. The molecule has 1 atom stereocenters. The Hall–Kier alpha value is -1.62. The minimum Gasteiger partial charge on any atom is -0.486 e. The summed E-state index contributed by atoms with van der Waals surface area (Å²) in [6.07, 6.45) is 0.980. The summed E-state index contributed by atoms with van der Waals surface area (Å²) in [5.41, 5.74) is 6.49. The fourth-order valence-electron chi connectivity index (χ4n) is 1.97. The SMILES string of the molecule is Nc1cc2c(cc1OC1CCOC1)OCCO2. The smallest absolute Gasteiger partial charge is 0.165 e. The van der Waals surface area contributed by atoms with Crippen molar-refractivity contribution < 1.29 is 18.9 Å². The Labute approximate surface area is 99.4 Å². The molecule has 1 aromatic rings. The Morgan fingerprint density at radius 2 is 1.88 bits per heavy atom. The average molecular weight is 237 g/mol. The Balaban J connectivity index is 1.83. The molecule has 2 N–H and O–H groups in total. The highest BCUT2D eigenvalue weighted by atomic mass is 16.6. The van der Waals surface area contributed by atoms with Crippen LogP contribution < -0.4 is 19.9 Å². The summed E-state index contributed by atoms with van der Waals surface area (Å²) >= 11 is 0. The van der Waals surface area contributed by atoms with Crippen LogP contribution in [-0.2, 0) is 4.74 Å². The van der Waals surface area contributed by atoms with Gasteiger partial charge in [0.05, 0.1) is 18.9 Å². The fraction of sp³-hybridized carbons (Fsp3) is 0.500. The van der Waals surface area contributed by atoms with Crippen LogP contribution in [0, 0.1) is 0 Å². The normalized spacial score (nSPS) is 22.5. The predicted molar refractivity (Wildman–Crippen MR) is 61.7 cm³/mol. The molecular weight excluding hydrogens is 222 g/mol. The molecule has 2 aliphatic heterocycles. The first kappa shape index (κ1) is 10.5. The molecule has 17 heavy (non-hydrogen) atoms. The third-order valence-electron chi connectivity index (χ3n) is 2.86. The topological polar surface area (TPSA) is 62.9 Å². The quantitative estimate of drug-likeness (QED) is 0.783. The number of nitrogens with two attached hydrogens (primary N) is 1. The van der Waals surface area contributed by atoms with Crippen LogP contribution in [0.15, 0.2) is 12.1 Å². The Bertz CT molecular complexity index is 415. The summed E-state index contributed by atoms with van der Waals surface area (Å²) in [5.74, 6) is 2.02. The van der Waals surface area contributed by atoms with Crippen molar-refractivity contribution >= 4 is 5.69 Å². The number of nitrogen functional groups attached to an aromatic ring is 1. The van der Waals surface area contributed by atoms with Crippen molar-refractivity contribution in [2.75, 3.05) is 32.2 Å². The molecular formula is C12H15NO4. The molecule has 0 radical (unpaired) electrons. The molecule has 3 rings (SSSR count). The van der Waals surface area contributed by atoms with E-state index in [0.717, 1.165) is 13.0 Å². The second kappa shape index (κ2) is 4.33. The lowest BCUT2D eigenvalue weighted by atomic mass is 10.2. The first-order chi connectivity index (χ1) is 8.33. The number of rotatable bonds is 2. The van der Waals surface area contributed by atoms with E-state index in [1.54, 1.807) is 12.1 Å². The van der Waals surface area contributed by atoms with Crippen LogP contribution >= 0.6 is 0 Å². The highest BCUT2D eigenvalue weighted by molar-refractivity contribution is 5.62. The number of anilines is 1. The van der Waals surface area contributed by atoms with E-state index in [9.17, 15) is 0 Å². The van der Waals surface area contributed by atoms with Crippen molar-refractivity contribution in [3.63, 3.8) is 0 Å². The van der Waals surface area contributed by atoms with Crippen molar-refractivity contribution in [2.45, 2.75) is 12.5 Å². The molecule has 0 aromatic heterocycles. The molecule has 5 heteroatoms. The van der Waals surface area contributed by atoms with Gasteiger partial charge in [-0.2, -0.15) is 0 Å². The molecule has 0 spiro atoms. The van der Waals surface area contributed by atoms with Gasteiger partial charge in [-0.05, 0) is 0 Å². The van der Waals surface area contributed by atoms with Gasteiger partial charge in [0.2, 0.25) is 0 Å². The van der Waals surface area contributed by atoms with Crippen molar-refractivity contribution in [3.8, 4) is 17.2 Å². The summed E-state index contributed by atoms with van der Waals surface area (Å²) in [6.45, 7) is 2.48. The molecule has 0 saturated carbocycles. The van der Waals surface area contributed by atoms with Crippen molar-refractivity contribution in [3.05, 3.63) is 12.1 Å². The van der Waals surface area contributed by atoms with Gasteiger partial charge in [-0.3, -0.25) is 0 Å². The molecule has 0 bridgehead atoms. The van der Waals surface area contributed by atoms with Gasteiger partial charge in [0.25, 0.3) is 0 Å². The van der Waals surface area contributed by atoms with E-state index in [-0.39, 0.29) is 6.10 Å². The van der Waals surface area contributed by atoms with Crippen LogP contribution in [0.2, 0.25) is 0 Å². The van der Waals surface area contributed by atoms with E-state index in [2.05, 4.69) is 0 Å². The van der Waals surface area contributed by atoms with E-state index in [4.69, 9.17) is 24.7 Å². The highest BCUT2D eigenvalue weighted by Gasteiger charge is 2.21. The van der Waals surface area contributed by atoms with E-state index in [1.807, 2.05) is 0 Å². The summed E-state index contributed by atoms with van der Waals surface area (Å²) < 4.78 is 22.0. The summed E-state index contributed by atoms with van der Waals surface area (Å²) in [7, 11) is 0. The largest absolute Gasteiger partial charge is 0.486 e.